The van der Waals surface area contributed by atoms with Gasteiger partial charge in [-0.25, -0.2) is 0 Å². The quantitative estimate of drug-likeness (QED) is 0.863. The molecule has 2 saturated heterocycles. The van der Waals surface area contributed by atoms with E-state index in [0.29, 0.717) is 18.7 Å². The third-order valence-corrected chi connectivity index (χ3v) is 5.16. The molecule has 2 fully saturated rings. The molecule has 5 heteroatoms. The van der Waals surface area contributed by atoms with Gasteiger partial charge in [0.1, 0.15) is 0 Å². The predicted octanol–water partition coefficient (Wildman–Crippen LogP) is 2.00. The number of hydrogen-bond donors (Lipinski definition) is 1. The van der Waals surface area contributed by atoms with Crippen molar-refractivity contribution in [3.8, 4) is 0 Å². The normalized spacial score (nSPS) is 24.9. The molecule has 128 valence electrons. The number of aromatic amines is 1. The fraction of sp³-hybridized carbons (Fsp3) is 0.722. The standard InChI is InChI=1S/C18H29N3O2/c1-13-10-17(15(3)19-13)18(22)12-20-6-4-16(5-7-20)21-8-9-23-14(2)11-21/h10,14,16,19H,4-9,11-12H2,1-3H3. The van der Waals surface area contributed by atoms with Gasteiger partial charge in [-0.15, -0.1) is 0 Å². The van der Waals surface area contributed by atoms with Crippen LogP contribution in [0.5, 0.6) is 0 Å². The molecule has 2 aliphatic rings. The summed E-state index contributed by atoms with van der Waals surface area (Å²) in [7, 11) is 0. The number of ether oxygens (including phenoxy) is 1. The topological polar surface area (TPSA) is 48.6 Å². The lowest BCUT2D eigenvalue weighted by atomic mass is 10.0. The highest BCUT2D eigenvalue weighted by molar-refractivity contribution is 5.98. The summed E-state index contributed by atoms with van der Waals surface area (Å²) in [5.74, 6) is 0.241. The third kappa shape index (κ3) is 4.03. The van der Waals surface area contributed by atoms with E-state index in [0.717, 1.165) is 62.6 Å². The highest BCUT2D eigenvalue weighted by atomic mass is 16.5. The van der Waals surface area contributed by atoms with E-state index in [9.17, 15) is 4.79 Å². The number of Topliss-reactive ketones (excluding diaryl/α,β-unsaturated/α-hetero) is 1. The van der Waals surface area contributed by atoms with Crippen LogP contribution in [0.1, 0.15) is 41.5 Å². The van der Waals surface area contributed by atoms with Crippen LogP contribution < -0.4 is 0 Å². The number of morpholine rings is 1. The molecular formula is C18H29N3O2. The molecule has 5 nitrogen and oxygen atoms in total. The molecule has 0 saturated carbocycles. The molecule has 1 atom stereocenters. The lowest BCUT2D eigenvalue weighted by Crippen LogP contribution is -2.51. The second-order valence-electron chi connectivity index (χ2n) is 7.10. The van der Waals surface area contributed by atoms with Gasteiger partial charge in [-0.3, -0.25) is 14.6 Å². The number of likely N-dealkylation sites (tertiary alicyclic amines) is 1. The Morgan fingerprint density at radius 2 is 2.04 bits per heavy atom. The van der Waals surface area contributed by atoms with E-state index in [1.807, 2.05) is 19.9 Å². The van der Waals surface area contributed by atoms with Crippen LogP contribution in [0.15, 0.2) is 6.07 Å². The van der Waals surface area contributed by atoms with Gasteiger partial charge in [0.25, 0.3) is 0 Å². The summed E-state index contributed by atoms with van der Waals surface area (Å²) in [6.45, 7) is 11.7. The van der Waals surface area contributed by atoms with Crippen molar-refractivity contribution in [3.05, 3.63) is 23.0 Å². The Labute approximate surface area is 139 Å². The molecule has 0 bridgehead atoms. The first-order valence-electron chi connectivity index (χ1n) is 8.80. The zero-order valence-corrected chi connectivity index (χ0v) is 14.6. The van der Waals surface area contributed by atoms with Gasteiger partial charge in [0.15, 0.2) is 5.78 Å². The summed E-state index contributed by atoms with van der Waals surface area (Å²) in [4.78, 5) is 20.6. The fourth-order valence-electron chi connectivity index (χ4n) is 3.92. The number of H-pyrrole nitrogens is 1. The lowest BCUT2D eigenvalue weighted by Gasteiger charge is -2.41. The summed E-state index contributed by atoms with van der Waals surface area (Å²) in [5.41, 5.74) is 2.90. The number of aromatic nitrogens is 1. The first-order valence-corrected chi connectivity index (χ1v) is 8.80. The molecule has 0 radical (unpaired) electrons. The fourth-order valence-corrected chi connectivity index (χ4v) is 3.92. The van der Waals surface area contributed by atoms with Gasteiger partial charge in [-0.05, 0) is 39.7 Å². The van der Waals surface area contributed by atoms with Crippen LogP contribution in [0.2, 0.25) is 0 Å². The van der Waals surface area contributed by atoms with E-state index < -0.39 is 0 Å². The molecule has 1 N–H and O–H groups in total. The maximum Gasteiger partial charge on any atom is 0.178 e. The number of nitrogens with one attached hydrogen (secondary N) is 1. The second-order valence-corrected chi connectivity index (χ2v) is 7.10. The molecule has 2 aliphatic heterocycles. The van der Waals surface area contributed by atoms with Gasteiger partial charge in [0, 0.05) is 49.2 Å². The third-order valence-electron chi connectivity index (χ3n) is 5.16. The molecule has 0 aromatic carbocycles. The second kappa shape index (κ2) is 7.16. The Morgan fingerprint density at radius 3 is 2.65 bits per heavy atom. The Kier molecular flexibility index (Phi) is 5.19. The first-order chi connectivity index (χ1) is 11.0. The number of carbonyl (C=O) groups is 1. The molecule has 1 aromatic rings. The van der Waals surface area contributed by atoms with Crippen molar-refractivity contribution in [1.29, 1.82) is 0 Å². The Balaban J connectivity index is 1.49. The van der Waals surface area contributed by atoms with Gasteiger partial charge in [-0.1, -0.05) is 0 Å². The largest absolute Gasteiger partial charge is 0.376 e. The molecule has 1 aromatic heterocycles. The minimum absolute atomic E-state index is 0.241. The van der Waals surface area contributed by atoms with Gasteiger partial charge < -0.3 is 9.72 Å². The van der Waals surface area contributed by atoms with Crippen LogP contribution in [0.4, 0.5) is 0 Å². The number of aryl methyl sites for hydroxylation is 2. The zero-order chi connectivity index (χ0) is 16.4. The Bertz CT molecular complexity index is 546. The van der Waals surface area contributed by atoms with Crippen LogP contribution in [0, 0.1) is 13.8 Å². The minimum Gasteiger partial charge on any atom is -0.376 e. The number of ketones is 1. The molecule has 23 heavy (non-hydrogen) atoms. The van der Waals surface area contributed by atoms with E-state index >= 15 is 0 Å². The number of piperidine rings is 1. The van der Waals surface area contributed by atoms with E-state index in [2.05, 4.69) is 21.7 Å². The number of rotatable bonds is 4. The van der Waals surface area contributed by atoms with Gasteiger partial charge in [0.05, 0.1) is 19.3 Å². The average Bonchev–Trinajstić information content (AvgIpc) is 2.87. The van der Waals surface area contributed by atoms with Crippen molar-refractivity contribution in [2.24, 2.45) is 0 Å². The lowest BCUT2D eigenvalue weighted by molar-refractivity contribution is -0.0430. The van der Waals surface area contributed by atoms with Crippen LogP contribution in [0.3, 0.4) is 0 Å². The summed E-state index contributed by atoms with van der Waals surface area (Å²) in [5, 5.41) is 0. The van der Waals surface area contributed by atoms with Crippen LogP contribution in [-0.2, 0) is 4.74 Å². The smallest absolute Gasteiger partial charge is 0.178 e. The first kappa shape index (κ1) is 16.7. The van der Waals surface area contributed by atoms with Crippen molar-refractivity contribution in [1.82, 2.24) is 14.8 Å². The van der Waals surface area contributed by atoms with Crippen molar-refractivity contribution in [2.75, 3.05) is 39.3 Å². The van der Waals surface area contributed by atoms with E-state index in [-0.39, 0.29) is 5.78 Å². The molecule has 0 amide bonds. The summed E-state index contributed by atoms with van der Waals surface area (Å²) < 4.78 is 5.64. The van der Waals surface area contributed by atoms with Crippen molar-refractivity contribution >= 4 is 5.78 Å². The molecular weight excluding hydrogens is 290 g/mol. The number of hydrogen-bond acceptors (Lipinski definition) is 4. The van der Waals surface area contributed by atoms with E-state index in [1.54, 1.807) is 0 Å². The van der Waals surface area contributed by atoms with E-state index in [4.69, 9.17) is 4.74 Å². The maximum absolute atomic E-state index is 12.5. The molecule has 0 spiro atoms. The molecule has 3 heterocycles. The van der Waals surface area contributed by atoms with Crippen molar-refractivity contribution < 1.29 is 9.53 Å². The van der Waals surface area contributed by atoms with Crippen molar-refractivity contribution in [3.63, 3.8) is 0 Å². The minimum atomic E-state index is 0.241. The number of carbonyl (C=O) groups excluding carboxylic acids is 1. The summed E-state index contributed by atoms with van der Waals surface area (Å²) in [6.07, 6.45) is 2.67. The van der Waals surface area contributed by atoms with Crippen LogP contribution >= 0.6 is 0 Å². The summed E-state index contributed by atoms with van der Waals surface area (Å²) in [6, 6.07) is 2.63. The van der Waals surface area contributed by atoms with Gasteiger partial charge in [0.2, 0.25) is 0 Å². The van der Waals surface area contributed by atoms with Crippen LogP contribution in [0.25, 0.3) is 0 Å². The Morgan fingerprint density at radius 1 is 1.30 bits per heavy atom. The van der Waals surface area contributed by atoms with Crippen molar-refractivity contribution in [2.45, 2.75) is 45.8 Å². The highest BCUT2D eigenvalue weighted by Gasteiger charge is 2.28. The highest BCUT2D eigenvalue weighted by Crippen LogP contribution is 2.20. The SMILES string of the molecule is Cc1cc(C(=O)CN2CCC(N3CCOC(C)C3)CC2)c(C)[nH]1. The van der Waals surface area contributed by atoms with Crippen LogP contribution in [-0.4, -0.2) is 72.0 Å². The number of nitrogens with zero attached hydrogens (tertiary/aromatic N) is 2. The van der Waals surface area contributed by atoms with Gasteiger partial charge >= 0.3 is 0 Å². The Hall–Kier alpha value is -1.17. The molecule has 0 aliphatic carbocycles. The predicted molar refractivity (Wildman–Crippen MR) is 91.0 cm³/mol. The van der Waals surface area contributed by atoms with Gasteiger partial charge in [-0.2, -0.15) is 0 Å². The average molecular weight is 319 g/mol. The van der Waals surface area contributed by atoms with E-state index in [1.165, 1.54) is 0 Å². The summed E-state index contributed by atoms with van der Waals surface area (Å²) >= 11 is 0. The monoisotopic (exact) mass is 319 g/mol. The molecule has 3 rings (SSSR count). The molecule has 1 unspecified atom stereocenters. The maximum atomic E-state index is 12.5. The zero-order valence-electron chi connectivity index (χ0n) is 14.6.